The highest BCUT2D eigenvalue weighted by Crippen LogP contribution is 2.35. The van der Waals surface area contributed by atoms with Gasteiger partial charge in [0.1, 0.15) is 0 Å². The van der Waals surface area contributed by atoms with Gasteiger partial charge in [0.25, 0.3) is 0 Å². The Kier molecular flexibility index (Phi) is 4.54. The summed E-state index contributed by atoms with van der Waals surface area (Å²) >= 11 is 17.8. The van der Waals surface area contributed by atoms with Gasteiger partial charge < -0.3 is 0 Å². The van der Waals surface area contributed by atoms with Gasteiger partial charge in [-0.2, -0.15) is 0 Å². The minimum absolute atomic E-state index is 0.324. The standard InChI is InChI=1S/C11H15Cl3Si/c1-8-4-5-11(9(2)6-8)10(3)7-15(12,13)14/h4-6,10H,7H2,1-3H3. The predicted octanol–water partition coefficient (Wildman–Crippen LogP) is 5.06. The average molecular weight is 282 g/mol. The van der Waals surface area contributed by atoms with E-state index in [4.69, 9.17) is 33.2 Å². The molecule has 0 aliphatic heterocycles. The lowest BCUT2D eigenvalue weighted by Gasteiger charge is -2.18. The zero-order valence-corrected chi connectivity index (χ0v) is 12.4. The van der Waals surface area contributed by atoms with E-state index in [1.165, 1.54) is 16.7 Å². The zero-order valence-electron chi connectivity index (χ0n) is 9.15. The van der Waals surface area contributed by atoms with Crippen LogP contribution in [-0.2, 0) is 0 Å². The molecule has 0 aliphatic carbocycles. The maximum Gasteiger partial charge on any atom is 0.342 e. The topological polar surface area (TPSA) is 0 Å². The molecular weight excluding hydrogens is 267 g/mol. The molecule has 0 heterocycles. The van der Waals surface area contributed by atoms with Crippen LogP contribution in [0.25, 0.3) is 0 Å². The van der Waals surface area contributed by atoms with E-state index in [1.54, 1.807) is 0 Å². The molecule has 0 radical (unpaired) electrons. The third-order valence-electron chi connectivity index (χ3n) is 2.49. The van der Waals surface area contributed by atoms with Crippen molar-refractivity contribution in [2.75, 3.05) is 0 Å². The molecule has 4 heteroatoms. The SMILES string of the molecule is Cc1ccc(C(C)C[Si](Cl)(Cl)Cl)c(C)c1. The number of hydrogen-bond acceptors (Lipinski definition) is 0. The highest BCUT2D eigenvalue weighted by molar-refractivity contribution is 7.64. The minimum atomic E-state index is -2.52. The highest BCUT2D eigenvalue weighted by atomic mass is 35.8. The van der Waals surface area contributed by atoms with Gasteiger partial charge in [-0.1, -0.05) is 30.7 Å². The van der Waals surface area contributed by atoms with E-state index in [9.17, 15) is 0 Å². The summed E-state index contributed by atoms with van der Waals surface area (Å²) in [5.41, 5.74) is 3.85. The maximum atomic E-state index is 5.93. The Labute approximate surface area is 107 Å². The lowest BCUT2D eigenvalue weighted by atomic mass is 9.96. The summed E-state index contributed by atoms with van der Waals surface area (Å²) in [6.45, 7) is 6.32. The molecule has 1 unspecified atom stereocenters. The molecule has 0 spiro atoms. The van der Waals surface area contributed by atoms with Crippen LogP contribution >= 0.6 is 33.2 Å². The van der Waals surface area contributed by atoms with E-state index in [2.05, 4.69) is 39.0 Å². The van der Waals surface area contributed by atoms with Crippen molar-refractivity contribution in [1.29, 1.82) is 0 Å². The van der Waals surface area contributed by atoms with Gasteiger partial charge in [0, 0.05) is 0 Å². The van der Waals surface area contributed by atoms with Crippen molar-refractivity contribution in [2.45, 2.75) is 32.7 Å². The number of rotatable bonds is 3. The van der Waals surface area contributed by atoms with Gasteiger partial charge in [0.2, 0.25) is 0 Å². The molecule has 0 nitrogen and oxygen atoms in total. The van der Waals surface area contributed by atoms with Crippen LogP contribution in [0.15, 0.2) is 18.2 Å². The van der Waals surface area contributed by atoms with Gasteiger partial charge in [-0.3, -0.25) is 0 Å². The van der Waals surface area contributed by atoms with Gasteiger partial charge in [-0.25, -0.2) is 0 Å². The predicted molar refractivity (Wildman–Crippen MR) is 72.5 cm³/mol. The molecule has 0 amide bonds. The van der Waals surface area contributed by atoms with Crippen molar-refractivity contribution < 1.29 is 0 Å². The van der Waals surface area contributed by atoms with Crippen LogP contribution in [0.5, 0.6) is 0 Å². The highest BCUT2D eigenvalue weighted by Gasteiger charge is 2.28. The number of aryl methyl sites for hydroxylation is 2. The van der Waals surface area contributed by atoms with Crippen molar-refractivity contribution in [3.63, 3.8) is 0 Å². The van der Waals surface area contributed by atoms with Gasteiger partial charge in [-0.15, -0.1) is 33.2 Å². The molecule has 0 saturated heterocycles. The molecule has 0 saturated carbocycles. The van der Waals surface area contributed by atoms with E-state index in [0.717, 1.165) is 0 Å². The summed E-state index contributed by atoms with van der Waals surface area (Å²) in [7, 11) is 0. The maximum absolute atomic E-state index is 5.93. The molecule has 84 valence electrons. The monoisotopic (exact) mass is 280 g/mol. The third-order valence-corrected chi connectivity index (χ3v) is 4.96. The fourth-order valence-electron chi connectivity index (χ4n) is 1.84. The molecule has 1 aromatic carbocycles. The van der Waals surface area contributed by atoms with E-state index >= 15 is 0 Å². The Morgan fingerprint density at radius 3 is 2.27 bits per heavy atom. The Hall–Kier alpha value is 0.307. The molecule has 0 aliphatic rings. The van der Waals surface area contributed by atoms with Crippen LogP contribution in [0.1, 0.15) is 29.5 Å². The second-order valence-electron chi connectivity index (χ2n) is 4.08. The van der Waals surface area contributed by atoms with Gasteiger partial charge in [0.05, 0.1) is 0 Å². The summed E-state index contributed by atoms with van der Waals surface area (Å²) in [6, 6.07) is 4.58. The van der Waals surface area contributed by atoms with Crippen molar-refractivity contribution in [3.05, 3.63) is 34.9 Å². The van der Waals surface area contributed by atoms with Crippen LogP contribution < -0.4 is 0 Å². The molecule has 1 aromatic rings. The molecule has 15 heavy (non-hydrogen) atoms. The van der Waals surface area contributed by atoms with Crippen LogP contribution in [0.2, 0.25) is 6.04 Å². The lowest BCUT2D eigenvalue weighted by Crippen LogP contribution is -2.13. The average Bonchev–Trinajstić information content (AvgIpc) is 1.99. The summed E-state index contributed by atoms with van der Waals surface area (Å²) in [4.78, 5) is 0. The largest absolute Gasteiger partial charge is 0.342 e. The molecule has 1 rings (SSSR count). The molecule has 0 fully saturated rings. The Balaban J connectivity index is 2.87. The Morgan fingerprint density at radius 1 is 1.20 bits per heavy atom. The first kappa shape index (κ1) is 13.4. The second-order valence-corrected chi connectivity index (χ2v) is 13.3. The number of benzene rings is 1. The second kappa shape index (κ2) is 5.09. The van der Waals surface area contributed by atoms with Crippen molar-refractivity contribution in [3.8, 4) is 0 Å². The molecule has 0 bridgehead atoms. The minimum Gasteiger partial charge on any atom is -0.126 e. The molecule has 0 N–H and O–H groups in total. The Morgan fingerprint density at radius 2 is 1.80 bits per heavy atom. The zero-order chi connectivity index (χ0) is 11.6. The van der Waals surface area contributed by atoms with Crippen molar-refractivity contribution in [2.24, 2.45) is 0 Å². The molecule has 1 atom stereocenters. The fraction of sp³-hybridized carbons (Fsp3) is 0.455. The first-order valence-electron chi connectivity index (χ1n) is 4.93. The normalized spacial score (nSPS) is 14.0. The quantitative estimate of drug-likeness (QED) is 0.536. The summed E-state index contributed by atoms with van der Waals surface area (Å²) in [6.07, 6.45) is 0. The van der Waals surface area contributed by atoms with Crippen LogP contribution in [-0.4, -0.2) is 6.00 Å². The first-order valence-corrected chi connectivity index (χ1v) is 10.2. The van der Waals surface area contributed by atoms with E-state index in [1.807, 2.05) is 0 Å². The molecule has 0 aromatic heterocycles. The van der Waals surface area contributed by atoms with E-state index in [-0.39, 0.29) is 0 Å². The summed E-state index contributed by atoms with van der Waals surface area (Å²) < 4.78 is 0. The number of hydrogen-bond donors (Lipinski definition) is 0. The van der Waals surface area contributed by atoms with Gasteiger partial charge in [-0.05, 0) is 36.9 Å². The van der Waals surface area contributed by atoms with Crippen LogP contribution in [0.3, 0.4) is 0 Å². The van der Waals surface area contributed by atoms with E-state index in [0.29, 0.717) is 12.0 Å². The summed E-state index contributed by atoms with van der Waals surface area (Å²) in [5, 5.41) is 0. The fourth-order valence-corrected chi connectivity index (χ4v) is 4.83. The van der Waals surface area contributed by atoms with Crippen molar-refractivity contribution >= 4 is 39.2 Å². The van der Waals surface area contributed by atoms with Crippen LogP contribution in [0, 0.1) is 13.8 Å². The first-order chi connectivity index (χ1) is 6.79. The lowest BCUT2D eigenvalue weighted by molar-refractivity contribution is 0.848. The van der Waals surface area contributed by atoms with Crippen LogP contribution in [0.4, 0.5) is 0 Å². The van der Waals surface area contributed by atoms with E-state index < -0.39 is 6.00 Å². The third kappa shape index (κ3) is 4.35. The van der Waals surface area contributed by atoms with Crippen molar-refractivity contribution in [1.82, 2.24) is 0 Å². The van der Waals surface area contributed by atoms with Gasteiger partial charge in [0.15, 0.2) is 0 Å². The van der Waals surface area contributed by atoms with Gasteiger partial charge >= 0.3 is 6.00 Å². The summed E-state index contributed by atoms with van der Waals surface area (Å²) in [5.74, 6) is 0.324. The molecular formula is C11H15Cl3Si. The Bertz CT molecular complexity index is 344. The smallest absolute Gasteiger partial charge is 0.126 e. The number of halogens is 3.